The summed E-state index contributed by atoms with van der Waals surface area (Å²) in [7, 11) is 0. The number of aromatic nitrogens is 1. The van der Waals surface area contributed by atoms with Crippen molar-refractivity contribution < 1.29 is 23.5 Å². The van der Waals surface area contributed by atoms with Crippen molar-refractivity contribution in [2.24, 2.45) is 0 Å². The minimum absolute atomic E-state index is 0.101. The third-order valence-corrected chi connectivity index (χ3v) is 6.31. The molecular formula is C30H25FN4O4. The highest BCUT2D eigenvalue weighted by molar-refractivity contribution is 6.04. The SMILES string of the molecule is O=C(Nc1cccc(C2OC(=O)N(Cc3ccccc3)C2C(=O)NCc2ccccn2)c1)c1ccccc1F. The van der Waals surface area contributed by atoms with Gasteiger partial charge in [0.2, 0.25) is 5.91 Å². The van der Waals surface area contributed by atoms with Crippen molar-refractivity contribution in [2.45, 2.75) is 25.2 Å². The fourth-order valence-corrected chi connectivity index (χ4v) is 4.41. The molecule has 0 bridgehead atoms. The Morgan fingerprint density at radius 2 is 1.69 bits per heavy atom. The molecule has 0 radical (unpaired) electrons. The molecule has 0 aliphatic carbocycles. The van der Waals surface area contributed by atoms with Gasteiger partial charge >= 0.3 is 6.09 Å². The molecule has 196 valence electrons. The van der Waals surface area contributed by atoms with Crippen LogP contribution in [0.5, 0.6) is 0 Å². The van der Waals surface area contributed by atoms with Gasteiger partial charge in [-0.25, -0.2) is 9.18 Å². The lowest BCUT2D eigenvalue weighted by molar-refractivity contribution is -0.126. The van der Waals surface area contributed by atoms with E-state index in [1.807, 2.05) is 36.4 Å². The largest absolute Gasteiger partial charge is 0.438 e. The summed E-state index contributed by atoms with van der Waals surface area (Å²) in [6.07, 6.45) is 0.0490. The van der Waals surface area contributed by atoms with Crippen molar-refractivity contribution >= 4 is 23.6 Å². The molecule has 1 aliphatic rings. The van der Waals surface area contributed by atoms with E-state index in [4.69, 9.17) is 4.74 Å². The molecule has 2 N–H and O–H groups in total. The Morgan fingerprint density at radius 1 is 0.923 bits per heavy atom. The van der Waals surface area contributed by atoms with Crippen LogP contribution in [0.25, 0.3) is 0 Å². The maximum Gasteiger partial charge on any atom is 0.411 e. The van der Waals surface area contributed by atoms with Crippen LogP contribution in [0.4, 0.5) is 14.9 Å². The number of cyclic esters (lactones) is 1. The second-order valence-electron chi connectivity index (χ2n) is 8.96. The van der Waals surface area contributed by atoms with Gasteiger partial charge in [0.05, 0.1) is 24.3 Å². The van der Waals surface area contributed by atoms with E-state index in [0.29, 0.717) is 16.9 Å². The third-order valence-electron chi connectivity index (χ3n) is 6.31. The maximum atomic E-state index is 14.1. The number of rotatable bonds is 8. The van der Waals surface area contributed by atoms with Crippen LogP contribution in [0.2, 0.25) is 0 Å². The predicted molar refractivity (Wildman–Crippen MR) is 142 cm³/mol. The average Bonchev–Trinajstić information content (AvgIpc) is 3.29. The summed E-state index contributed by atoms with van der Waals surface area (Å²) in [4.78, 5) is 44.8. The molecule has 1 aromatic heterocycles. The molecule has 0 spiro atoms. The van der Waals surface area contributed by atoms with Crippen LogP contribution in [-0.4, -0.2) is 33.8 Å². The Morgan fingerprint density at radius 3 is 2.46 bits per heavy atom. The number of benzene rings is 3. The lowest BCUT2D eigenvalue weighted by atomic mass is 10.00. The molecule has 0 saturated carbocycles. The summed E-state index contributed by atoms with van der Waals surface area (Å²) in [5.41, 5.74) is 2.27. The van der Waals surface area contributed by atoms with Gasteiger partial charge in [0.25, 0.3) is 5.91 Å². The summed E-state index contributed by atoms with van der Waals surface area (Å²) in [6.45, 7) is 0.344. The lowest BCUT2D eigenvalue weighted by Gasteiger charge is -2.24. The van der Waals surface area contributed by atoms with E-state index in [1.165, 1.54) is 23.1 Å². The number of carbonyl (C=O) groups is 3. The quantitative estimate of drug-likeness (QED) is 0.343. The highest BCUT2D eigenvalue weighted by Crippen LogP contribution is 2.35. The number of anilines is 1. The van der Waals surface area contributed by atoms with Gasteiger partial charge in [-0.1, -0.05) is 60.7 Å². The zero-order chi connectivity index (χ0) is 27.2. The van der Waals surface area contributed by atoms with E-state index in [2.05, 4.69) is 15.6 Å². The van der Waals surface area contributed by atoms with E-state index in [0.717, 1.165) is 5.56 Å². The molecule has 9 heteroatoms. The van der Waals surface area contributed by atoms with Crippen LogP contribution in [0.1, 0.15) is 33.3 Å². The van der Waals surface area contributed by atoms with Gasteiger partial charge in [0.1, 0.15) is 5.82 Å². The van der Waals surface area contributed by atoms with Crippen LogP contribution < -0.4 is 10.6 Å². The molecule has 2 heterocycles. The maximum absolute atomic E-state index is 14.1. The van der Waals surface area contributed by atoms with E-state index in [1.54, 1.807) is 48.7 Å². The first-order valence-corrected chi connectivity index (χ1v) is 12.3. The molecule has 39 heavy (non-hydrogen) atoms. The molecule has 5 rings (SSSR count). The topological polar surface area (TPSA) is 101 Å². The molecule has 4 aromatic rings. The second-order valence-corrected chi connectivity index (χ2v) is 8.96. The molecule has 8 nitrogen and oxygen atoms in total. The molecule has 2 atom stereocenters. The Bertz CT molecular complexity index is 1480. The zero-order valence-electron chi connectivity index (χ0n) is 20.8. The average molecular weight is 525 g/mol. The van der Waals surface area contributed by atoms with Gasteiger partial charge < -0.3 is 15.4 Å². The summed E-state index contributed by atoms with van der Waals surface area (Å²) in [5.74, 6) is -1.67. The highest BCUT2D eigenvalue weighted by Gasteiger charge is 2.47. The Hall–Kier alpha value is -5.05. The van der Waals surface area contributed by atoms with Crippen LogP contribution in [0.15, 0.2) is 103 Å². The van der Waals surface area contributed by atoms with E-state index >= 15 is 0 Å². The number of pyridine rings is 1. The number of amides is 3. The van der Waals surface area contributed by atoms with Crippen molar-refractivity contribution in [3.05, 3.63) is 131 Å². The van der Waals surface area contributed by atoms with Crippen LogP contribution >= 0.6 is 0 Å². The van der Waals surface area contributed by atoms with Gasteiger partial charge in [-0.05, 0) is 47.5 Å². The second kappa shape index (κ2) is 11.6. The van der Waals surface area contributed by atoms with Crippen molar-refractivity contribution in [2.75, 3.05) is 5.32 Å². The zero-order valence-corrected chi connectivity index (χ0v) is 20.8. The Balaban J connectivity index is 1.41. The van der Waals surface area contributed by atoms with Crippen molar-refractivity contribution in [1.82, 2.24) is 15.2 Å². The molecular weight excluding hydrogens is 499 g/mol. The minimum Gasteiger partial charge on any atom is -0.438 e. The Labute approximate surface area is 224 Å². The first kappa shape index (κ1) is 25.6. The monoisotopic (exact) mass is 524 g/mol. The van der Waals surface area contributed by atoms with Crippen molar-refractivity contribution in [3.63, 3.8) is 0 Å². The molecule has 3 amide bonds. The highest BCUT2D eigenvalue weighted by atomic mass is 19.1. The van der Waals surface area contributed by atoms with Gasteiger partial charge in [0.15, 0.2) is 12.1 Å². The first-order chi connectivity index (χ1) is 19.0. The number of hydrogen-bond donors (Lipinski definition) is 2. The van der Waals surface area contributed by atoms with Gasteiger partial charge in [-0.3, -0.25) is 19.5 Å². The number of hydrogen-bond acceptors (Lipinski definition) is 5. The van der Waals surface area contributed by atoms with Gasteiger partial charge in [0, 0.05) is 11.9 Å². The van der Waals surface area contributed by atoms with Crippen LogP contribution in [0, 0.1) is 5.82 Å². The van der Waals surface area contributed by atoms with Gasteiger partial charge in [-0.15, -0.1) is 0 Å². The smallest absolute Gasteiger partial charge is 0.411 e. The number of halogens is 1. The molecule has 1 aliphatic heterocycles. The first-order valence-electron chi connectivity index (χ1n) is 12.3. The van der Waals surface area contributed by atoms with Crippen molar-refractivity contribution in [1.29, 1.82) is 0 Å². The van der Waals surface area contributed by atoms with E-state index < -0.39 is 35.9 Å². The summed E-state index contributed by atoms with van der Waals surface area (Å²) in [6, 6.07) is 26.0. The molecule has 2 unspecified atom stereocenters. The number of ether oxygens (including phenoxy) is 1. The normalized spacial score (nSPS) is 16.4. The number of carbonyl (C=O) groups excluding carboxylic acids is 3. The molecule has 3 aromatic carbocycles. The molecule has 1 saturated heterocycles. The van der Waals surface area contributed by atoms with Gasteiger partial charge in [-0.2, -0.15) is 0 Å². The Kier molecular flexibility index (Phi) is 7.58. The number of nitrogens with zero attached hydrogens (tertiary/aromatic N) is 2. The fraction of sp³-hybridized carbons (Fsp3) is 0.133. The van der Waals surface area contributed by atoms with Crippen molar-refractivity contribution in [3.8, 4) is 0 Å². The summed E-state index contributed by atoms with van der Waals surface area (Å²) >= 11 is 0. The van der Waals surface area contributed by atoms with Crippen LogP contribution in [-0.2, 0) is 22.6 Å². The lowest BCUT2D eigenvalue weighted by Crippen LogP contribution is -2.46. The third kappa shape index (κ3) is 5.93. The summed E-state index contributed by atoms with van der Waals surface area (Å²) < 4.78 is 19.8. The molecule has 1 fully saturated rings. The van der Waals surface area contributed by atoms with E-state index in [9.17, 15) is 18.8 Å². The predicted octanol–water partition coefficient (Wildman–Crippen LogP) is 4.85. The minimum atomic E-state index is -0.987. The van der Waals surface area contributed by atoms with Crippen LogP contribution in [0.3, 0.4) is 0 Å². The summed E-state index contributed by atoms with van der Waals surface area (Å²) in [5, 5.41) is 5.54. The number of nitrogens with one attached hydrogen (secondary N) is 2. The standard InChI is InChI=1S/C30H25FN4O4/c31-25-15-5-4-14-24(25)28(36)34-22-13-8-11-21(17-22)27-26(29(37)33-18-23-12-6-7-16-32-23)35(30(38)39-27)19-20-9-2-1-3-10-20/h1-17,26-27H,18-19H2,(H,33,37)(H,34,36). The van der Waals surface area contributed by atoms with E-state index in [-0.39, 0.29) is 18.7 Å². The fourth-order valence-electron chi connectivity index (χ4n) is 4.41.